The van der Waals surface area contributed by atoms with Crippen LogP contribution in [0, 0.1) is 0 Å². The lowest BCUT2D eigenvalue weighted by Gasteiger charge is -2.32. The van der Waals surface area contributed by atoms with E-state index in [-0.39, 0.29) is 17.9 Å². The molecular formula is C25H37N3O2. The van der Waals surface area contributed by atoms with Gasteiger partial charge in [-0.25, -0.2) is 0 Å². The zero-order chi connectivity index (χ0) is 21.2. The van der Waals surface area contributed by atoms with Crippen LogP contribution >= 0.6 is 0 Å². The molecule has 30 heavy (non-hydrogen) atoms. The predicted octanol–water partition coefficient (Wildman–Crippen LogP) is 4.61. The Kier molecular flexibility index (Phi) is 8.94. The maximum Gasteiger partial charge on any atom is 0.249 e. The maximum absolute atomic E-state index is 11.9. The molecule has 1 aromatic rings. The highest BCUT2D eigenvalue weighted by molar-refractivity contribution is 6.01. The molecule has 164 valence electrons. The molecule has 2 saturated heterocycles. The van der Waals surface area contributed by atoms with Crippen LogP contribution in [-0.2, 0) is 9.59 Å². The standard InChI is InChI=1S/C25H37N3O2/c1-2-3-4-5-6-7-8-17-28-18-15-21(16-19-28)20-9-11-22(12-10-20)26-23-13-14-24(29)27-25(23)30/h2,9-12,21,23,26H,1,3-8,13-19H2,(H,27,29,30). The normalized spacial score (nSPS) is 20.7. The average Bonchev–Trinajstić information content (AvgIpc) is 2.76. The van der Waals surface area contributed by atoms with E-state index >= 15 is 0 Å². The van der Waals surface area contributed by atoms with Gasteiger partial charge in [0, 0.05) is 12.1 Å². The first kappa shape index (κ1) is 22.5. The number of benzene rings is 1. The fraction of sp³-hybridized carbons (Fsp3) is 0.600. The largest absolute Gasteiger partial charge is 0.374 e. The zero-order valence-electron chi connectivity index (χ0n) is 18.2. The Bertz CT molecular complexity index is 693. The Morgan fingerprint density at radius 1 is 1.00 bits per heavy atom. The van der Waals surface area contributed by atoms with Gasteiger partial charge in [0.15, 0.2) is 0 Å². The van der Waals surface area contributed by atoms with E-state index in [1.54, 1.807) is 0 Å². The molecule has 2 aliphatic rings. The number of hydrogen-bond donors (Lipinski definition) is 2. The molecule has 5 heteroatoms. The number of nitrogens with one attached hydrogen (secondary N) is 2. The van der Waals surface area contributed by atoms with Gasteiger partial charge in [0.2, 0.25) is 11.8 Å². The summed E-state index contributed by atoms with van der Waals surface area (Å²) in [5.74, 6) is 0.229. The minimum Gasteiger partial charge on any atom is -0.374 e. The number of unbranched alkanes of at least 4 members (excludes halogenated alkanes) is 5. The number of amides is 2. The summed E-state index contributed by atoms with van der Waals surface area (Å²) in [5, 5.41) is 5.65. The Morgan fingerprint density at radius 2 is 1.70 bits per heavy atom. The molecule has 2 heterocycles. The molecule has 0 aromatic heterocycles. The van der Waals surface area contributed by atoms with Crippen molar-refractivity contribution >= 4 is 17.5 Å². The van der Waals surface area contributed by atoms with Gasteiger partial charge in [-0.15, -0.1) is 6.58 Å². The number of carbonyl (C=O) groups excluding carboxylic acids is 2. The SMILES string of the molecule is C=CCCCCCCCN1CCC(c2ccc(NC3CCC(=O)NC3=O)cc2)CC1. The van der Waals surface area contributed by atoms with E-state index in [9.17, 15) is 9.59 Å². The van der Waals surface area contributed by atoms with Crippen molar-refractivity contribution in [2.75, 3.05) is 25.0 Å². The van der Waals surface area contributed by atoms with Gasteiger partial charge in [-0.2, -0.15) is 0 Å². The highest BCUT2D eigenvalue weighted by atomic mass is 16.2. The van der Waals surface area contributed by atoms with Gasteiger partial charge >= 0.3 is 0 Å². The molecule has 0 bridgehead atoms. The minimum absolute atomic E-state index is 0.178. The van der Waals surface area contributed by atoms with Crippen molar-refractivity contribution in [3.05, 3.63) is 42.5 Å². The van der Waals surface area contributed by atoms with Gasteiger partial charge in [-0.3, -0.25) is 14.9 Å². The van der Waals surface area contributed by atoms with Crippen LogP contribution in [0.15, 0.2) is 36.9 Å². The summed E-state index contributed by atoms with van der Waals surface area (Å²) >= 11 is 0. The molecule has 0 radical (unpaired) electrons. The molecule has 2 N–H and O–H groups in total. The van der Waals surface area contributed by atoms with E-state index in [0.717, 1.165) is 12.1 Å². The second kappa shape index (κ2) is 11.9. The number of rotatable bonds is 11. The number of imide groups is 1. The van der Waals surface area contributed by atoms with E-state index in [2.05, 4.69) is 46.4 Å². The Hall–Kier alpha value is -2.14. The van der Waals surface area contributed by atoms with E-state index in [1.807, 2.05) is 6.08 Å². The van der Waals surface area contributed by atoms with E-state index in [0.29, 0.717) is 18.8 Å². The van der Waals surface area contributed by atoms with Crippen molar-refractivity contribution in [3.8, 4) is 0 Å². The van der Waals surface area contributed by atoms with Gasteiger partial charge < -0.3 is 10.2 Å². The van der Waals surface area contributed by atoms with Gasteiger partial charge in [0.05, 0.1) is 0 Å². The van der Waals surface area contributed by atoms with Crippen LogP contribution in [0.1, 0.15) is 75.7 Å². The first-order chi connectivity index (χ1) is 14.7. The number of piperidine rings is 2. The van der Waals surface area contributed by atoms with Crippen LogP contribution in [0.3, 0.4) is 0 Å². The van der Waals surface area contributed by atoms with E-state index in [4.69, 9.17) is 0 Å². The highest BCUT2D eigenvalue weighted by Gasteiger charge is 2.26. The first-order valence-electron chi connectivity index (χ1n) is 11.7. The van der Waals surface area contributed by atoms with Gasteiger partial charge in [-0.1, -0.05) is 37.5 Å². The Balaban J connectivity index is 1.35. The first-order valence-corrected chi connectivity index (χ1v) is 11.7. The highest BCUT2D eigenvalue weighted by Crippen LogP contribution is 2.29. The number of likely N-dealkylation sites (tertiary alicyclic amines) is 1. The smallest absolute Gasteiger partial charge is 0.249 e. The zero-order valence-corrected chi connectivity index (χ0v) is 18.2. The van der Waals surface area contributed by atoms with Crippen molar-refractivity contribution < 1.29 is 9.59 Å². The van der Waals surface area contributed by atoms with Crippen molar-refractivity contribution in [2.24, 2.45) is 0 Å². The lowest BCUT2D eigenvalue weighted by molar-refractivity contribution is -0.133. The molecule has 0 aliphatic carbocycles. The third-order valence-electron chi connectivity index (χ3n) is 6.43. The molecule has 0 spiro atoms. The summed E-state index contributed by atoms with van der Waals surface area (Å²) in [5.41, 5.74) is 2.34. The third-order valence-corrected chi connectivity index (χ3v) is 6.43. The fourth-order valence-electron chi connectivity index (χ4n) is 4.53. The van der Waals surface area contributed by atoms with Crippen LogP contribution in [0.2, 0.25) is 0 Å². The Morgan fingerprint density at radius 3 is 2.40 bits per heavy atom. The minimum atomic E-state index is -0.321. The van der Waals surface area contributed by atoms with Crippen molar-refractivity contribution in [2.45, 2.75) is 76.2 Å². The van der Waals surface area contributed by atoms with Crippen LogP contribution in [-0.4, -0.2) is 42.4 Å². The summed E-state index contributed by atoms with van der Waals surface area (Å²) in [4.78, 5) is 25.8. The molecule has 1 atom stereocenters. The molecule has 2 amide bonds. The lowest BCUT2D eigenvalue weighted by atomic mass is 9.89. The van der Waals surface area contributed by atoms with Crippen LogP contribution < -0.4 is 10.6 Å². The van der Waals surface area contributed by atoms with Crippen molar-refractivity contribution in [1.29, 1.82) is 0 Å². The monoisotopic (exact) mass is 411 g/mol. The topological polar surface area (TPSA) is 61.4 Å². The number of nitrogens with zero attached hydrogens (tertiary/aromatic N) is 1. The summed E-state index contributed by atoms with van der Waals surface area (Å²) in [6, 6.07) is 8.20. The van der Waals surface area contributed by atoms with Crippen LogP contribution in [0.4, 0.5) is 5.69 Å². The summed E-state index contributed by atoms with van der Waals surface area (Å²) < 4.78 is 0. The van der Waals surface area contributed by atoms with Crippen LogP contribution in [0.25, 0.3) is 0 Å². The number of anilines is 1. The summed E-state index contributed by atoms with van der Waals surface area (Å²) in [6.07, 6.45) is 13.2. The van der Waals surface area contributed by atoms with Crippen molar-refractivity contribution in [3.63, 3.8) is 0 Å². The van der Waals surface area contributed by atoms with Gasteiger partial charge in [0.1, 0.15) is 6.04 Å². The molecule has 3 rings (SSSR count). The summed E-state index contributed by atoms with van der Waals surface area (Å²) in [6.45, 7) is 7.40. The molecule has 0 saturated carbocycles. The van der Waals surface area contributed by atoms with Crippen molar-refractivity contribution in [1.82, 2.24) is 10.2 Å². The maximum atomic E-state index is 11.9. The lowest BCUT2D eigenvalue weighted by Crippen LogP contribution is -2.47. The number of allylic oxidation sites excluding steroid dienone is 1. The quantitative estimate of drug-likeness (QED) is 0.317. The fourth-order valence-corrected chi connectivity index (χ4v) is 4.53. The summed E-state index contributed by atoms with van der Waals surface area (Å²) in [7, 11) is 0. The number of carbonyl (C=O) groups is 2. The second-order valence-electron chi connectivity index (χ2n) is 8.73. The van der Waals surface area contributed by atoms with E-state index < -0.39 is 0 Å². The number of hydrogen-bond acceptors (Lipinski definition) is 4. The third kappa shape index (κ3) is 6.98. The molecule has 1 unspecified atom stereocenters. The average molecular weight is 412 g/mol. The van der Waals surface area contributed by atoms with Crippen LogP contribution in [0.5, 0.6) is 0 Å². The molecule has 2 aliphatic heterocycles. The molecular weight excluding hydrogens is 374 g/mol. The predicted molar refractivity (Wildman–Crippen MR) is 123 cm³/mol. The Labute approximate surface area is 181 Å². The van der Waals surface area contributed by atoms with E-state index in [1.165, 1.54) is 70.1 Å². The second-order valence-corrected chi connectivity index (χ2v) is 8.73. The molecule has 5 nitrogen and oxygen atoms in total. The molecule has 1 aromatic carbocycles. The van der Waals surface area contributed by atoms with Gasteiger partial charge in [-0.05, 0) is 81.8 Å². The van der Waals surface area contributed by atoms with Gasteiger partial charge in [0.25, 0.3) is 0 Å². The molecule has 2 fully saturated rings.